The van der Waals surface area contributed by atoms with E-state index >= 15 is 0 Å². The highest BCUT2D eigenvalue weighted by Crippen LogP contribution is 2.56. The van der Waals surface area contributed by atoms with E-state index in [4.69, 9.17) is 8.37 Å². The second kappa shape index (κ2) is 5.43. The van der Waals surface area contributed by atoms with Crippen molar-refractivity contribution in [3.8, 4) is 0 Å². The van der Waals surface area contributed by atoms with Crippen LogP contribution >= 0.6 is 0 Å². The van der Waals surface area contributed by atoms with Crippen LogP contribution in [0.1, 0.15) is 0 Å². The average molecular weight is 348 g/mol. The summed E-state index contributed by atoms with van der Waals surface area (Å²) < 4.78 is 55.1. The molecule has 6 nitrogen and oxygen atoms in total. The number of fused-ring (bicyclic) bond motifs is 1. The van der Waals surface area contributed by atoms with Crippen molar-refractivity contribution < 1.29 is 25.2 Å². The van der Waals surface area contributed by atoms with Crippen molar-refractivity contribution in [3.05, 3.63) is 24.3 Å². The van der Waals surface area contributed by atoms with Crippen LogP contribution in [0.25, 0.3) is 0 Å². The Morgan fingerprint density at radius 3 is 1.27 bits per heavy atom. The molecule has 2 bridgehead atoms. The Labute approximate surface area is 131 Å². The van der Waals surface area contributed by atoms with Crippen LogP contribution in [-0.2, 0) is 28.6 Å². The molecule has 0 N–H and O–H groups in total. The summed E-state index contributed by atoms with van der Waals surface area (Å²) in [6.45, 7) is 0.137. The Hall–Kier alpha value is -0.700. The van der Waals surface area contributed by atoms with Gasteiger partial charge in [0.25, 0.3) is 20.2 Å². The minimum absolute atomic E-state index is 0.0577. The van der Waals surface area contributed by atoms with Crippen molar-refractivity contribution in [2.24, 2.45) is 35.5 Å². The highest BCUT2D eigenvalue weighted by molar-refractivity contribution is 7.86. The maximum Gasteiger partial charge on any atom is 0.264 e. The minimum atomic E-state index is -3.52. The summed E-state index contributed by atoms with van der Waals surface area (Å²) in [4.78, 5) is 0. The van der Waals surface area contributed by atoms with Gasteiger partial charge in [-0.2, -0.15) is 16.8 Å². The predicted molar refractivity (Wildman–Crippen MR) is 80.8 cm³/mol. The van der Waals surface area contributed by atoms with Crippen LogP contribution in [0.3, 0.4) is 0 Å². The lowest BCUT2D eigenvalue weighted by molar-refractivity contribution is -0.0113. The standard InChI is InChI=1S/C14H20O6S2/c1-21(15,16)19-7-13-11-5-6-12(10-4-3-9(10)11)14(13)8-20-22(2,17)18/h3-6,9-14H,7-8H2,1-2H3/t9-,10-,11+,12+,13-,14+/m0/s1. The first-order valence-electron chi connectivity index (χ1n) is 7.21. The fraction of sp³-hybridized carbons (Fsp3) is 0.714. The van der Waals surface area contributed by atoms with Crippen molar-refractivity contribution in [3.63, 3.8) is 0 Å². The molecule has 1 saturated carbocycles. The zero-order chi connectivity index (χ0) is 16.1. The Bertz CT molecular complexity index is 646. The number of hydrogen-bond acceptors (Lipinski definition) is 6. The van der Waals surface area contributed by atoms with E-state index in [0.717, 1.165) is 12.5 Å². The molecular formula is C14H20O6S2. The molecule has 0 heterocycles. The molecule has 0 saturated heterocycles. The van der Waals surface area contributed by atoms with E-state index in [2.05, 4.69) is 24.3 Å². The van der Waals surface area contributed by atoms with Crippen LogP contribution < -0.4 is 0 Å². The van der Waals surface area contributed by atoms with Crippen LogP contribution in [0, 0.1) is 35.5 Å². The van der Waals surface area contributed by atoms with Crippen molar-refractivity contribution in [2.45, 2.75) is 0 Å². The zero-order valence-corrected chi connectivity index (χ0v) is 14.1. The molecule has 0 radical (unpaired) electrons. The Morgan fingerprint density at radius 2 is 1.00 bits per heavy atom. The number of hydrogen-bond donors (Lipinski definition) is 0. The highest BCUT2D eigenvalue weighted by atomic mass is 32.2. The fourth-order valence-corrected chi connectivity index (χ4v) is 4.76. The molecule has 0 aromatic heterocycles. The second-order valence-corrected chi connectivity index (χ2v) is 9.67. The van der Waals surface area contributed by atoms with Crippen LogP contribution in [0.5, 0.6) is 0 Å². The van der Waals surface area contributed by atoms with E-state index in [0.29, 0.717) is 11.8 Å². The Morgan fingerprint density at radius 1 is 0.682 bits per heavy atom. The van der Waals surface area contributed by atoms with Crippen molar-refractivity contribution in [1.29, 1.82) is 0 Å². The topological polar surface area (TPSA) is 86.7 Å². The van der Waals surface area contributed by atoms with E-state index in [-0.39, 0.29) is 36.9 Å². The molecule has 0 unspecified atom stereocenters. The smallest absolute Gasteiger partial charge is 0.264 e. The summed E-state index contributed by atoms with van der Waals surface area (Å²) in [7, 11) is -7.04. The summed E-state index contributed by atoms with van der Waals surface area (Å²) in [5.74, 6) is 1.04. The van der Waals surface area contributed by atoms with Crippen molar-refractivity contribution >= 4 is 20.2 Å². The molecule has 4 aliphatic carbocycles. The molecular weight excluding hydrogens is 328 g/mol. The van der Waals surface area contributed by atoms with Gasteiger partial charge >= 0.3 is 0 Å². The van der Waals surface area contributed by atoms with E-state index in [1.54, 1.807) is 0 Å². The maximum absolute atomic E-state index is 11.3. The van der Waals surface area contributed by atoms with Gasteiger partial charge in [-0.15, -0.1) is 0 Å². The van der Waals surface area contributed by atoms with E-state index in [1.807, 2.05) is 0 Å². The van der Waals surface area contributed by atoms with Crippen LogP contribution in [0.15, 0.2) is 24.3 Å². The molecule has 0 aliphatic heterocycles. The Kier molecular flexibility index (Phi) is 3.99. The zero-order valence-electron chi connectivity index (χ0n) is 12.5. The molecule has 8 heteroatoms. The molecule has 4 rings (SSSR count). The highest BCUT2D eigenvalue weighted by Gasteiger charge is 2.52. The number of rotatable bonds is 6. The van der Waals surface area contributed by atoms with Gasteiger partial charge in [0, 0.05) is 0 Å². The molecule has 1 fully saturated rings. The van der Waals surface area contributed by atoms with Crippen LogP contribution in [0.2, 0.25) is 0 Å². The summed E-state index contributed by atoms with van der Waals surface area (Å²) in [5.41, 5.74) is 0. The third-order valence-corrected chi connectivity index (χ3v) is 6.06. The second-order valence-electron chi connectivity index (χ2n) is 6.38. The minimum Gasteiger partial charge on any atom is -0.270 e. The maximum atomic E-state index is 11.3. The normalized spacial score (nSPS) is 39.5. The van der Waals surface area contributed by atoms with E-state index in [1.165, 1.54) is 0 Å². The lowest BCUT2D eigenvalue weighted by Crippen LogP contribution is -2.52. The van der Waals surface area contributed by atoms with Gasteiger partial charge in [-0.1, -0.05) is 24.3 Å². The predicted octanol–water partition coefficient (Wildman–Crippen LogP) is 0.789. The van der Waals surface area contributed by atoms with Gasteiger partial charge in [-0.3, -0.25) is 8.37 Å². The SMILES string of the molecule is CS(=O)(=O)OC[C@@H]1[C@@H]2C=C[C@H]([C@H]3C=C[C@@H]32)[C@@H]1COS(C)(=O)=O. The van der Waals surface area contributed by atoms with Crippen LogP contribution in [0.4, 0.5) is 0 Å². The molecule has 124 valence electrons. The largest absolute Gasteiger partial charge is 0.270 e. The molecule has 0 amide bonds. The van der Waals surface area contributed by atoms with Gasteiger partial charge in [0.05, 0.1) is 25.7 Å². The summed E-state index contributed by atoms with van der Waals surface area (Å²) in [6, 6.07) is 0. The van der Waals surface area contributed by atoms with Crippen LogP contribution in [-0.4, -0.2) is 42.6 Å². The van der Waals surface area contributed by atoms with Gasteiger partial charge < -0.3 is 0 Å². The van der Waals surface area contributed by atoms with Gasteiger partial charge in [0.15, 0.2) is 0 Å². The quantitative estimate of drug-likeness (QED) is 0.521. The fourth-order valence-electron chi connectivity index (χ4n) is 3.95. The molecule has 0 aromatic carbocycles. The van der Waals surface area contributed by atoms with Crippen molar-refractivity contribution in [1.82, 2.24) is 0 Å². The summed E-state index contributed by atoms with van der Waals surface area (Å²) in [5, 5.41) is 0. The van der Waals surface area contributed by atoms with E-state index in [9.17, 15) is 16.8 Å². The molecule has 22 heavy (non-hydrogen) atoms. The first-order valence-corrected chi connectivity index (χ1v) is 10.8. The van der Waals surface area contributed by atoms with Gasteiger partial charge in [-0.05, 0) is 35.5 Å². The third kappa shape index (κ3) is 3.15. The third-order valence-electron chi connectivity index (χ3n) is 4.93. The van der Waals surface area contributed by atoms with Crippen molar-refractivity contribution in [2.75, 3.05) is 25.7 Å². The lowest BCUT2D eigenvalue weighted by atomic mass is 9.50. The lowest BCUT2D eigenvalue weighted by Gasteiger charge is -2.55. The van der Waals surface area contributed by atoms with Gasteiger partial charge in [-0.25, -0.2) is 0 Å². The van der Waals surface area contributed by atoms with Gasteiger partial charge in [0.2, 0.25) is 0 Å². The number of allylic oxidation sites excluding steroid dienone is 4. The molecule has 4 aliphatic rings. The van der Waals surface area contributed by atoms with E-state index < -0.39 is 20.2 Å². The molecule has 0 spiro atoms. The monoisotopic (exact) mass is 348 g/mol. The Balaban J connectivity index is 1.80. The summed E-state index contributed by atoms with van der Waals surface area (Å²) in [6.07, 6.45) is 10.6. The molecule has 0 aromatic rings. The van der Waals surface area contributed by atoms with Gasteiger partial charge in [0.1, 0.15) is 0 Å². The first-order chi connectivity index (χ1) is 10.2. The first kappa shape index (κ1) is 16.2. The average Bonchev–Trinajstić information content (AvgIpc) is 2.32. The summed E-state index contributed by atoms with van der Waals surface area (Å²) >= 11 is 0. The molecule has 6 atom stereocenters.